The molecule has 0 aliphatic heterocycles. The first-order chi connectivity index (χ1) is 10.6. The van der Waals surface area contributed by atoms with Crippen molar-refractivity contribution in [2.24, 2.45) is 0 Å². The fraction of sp³-hybridized carbons (Fsp3) is 0.500. The molecule has 0 aliphatic carbocycles. The molecule has 0 saturated carbocycles. The zero-order valence-corrected chi connectivity index (χ0v) is 13.3. The fourth-order valence-corrected chi connectivity index (χ4v) is 2.31. The van der Waals surface area contributed by atoms with Crippen LogP contribution in [0.15, 0.2) is 28.8 Å². The summed E-state index contributed by atoms with van der Waals surface area (Å²) in [4.78, 5) is 6.34. The van der Waals surface area contributed by atoms with Crippen molar-refractivity contribution in [2.45, 2.75) is 26.0 Å². The summed E-state index contributed by atoms with van der Waals surface area (Å²) in [6, 6.07) is 8.15. The smallest absolute Gasteiger partial charge is 0.231 e. The van der Waals surface area contributed by atoms with Crippen molar-refractivity contribution < 1.29 is 14.4 Å². The van der Waals surface area contributed by atoms with Crippen LogP contribution in [0.1, 0.15) is 22.8 Å². The summed E-state index contributed by atoms with van der Waals surface area (Å²) in [6.45, 7) is 3.40. The second kappa shape index (κ2) is 8.03. The minimum Gasteiger partial charge on any atom is -0.389 e. The molecule has 1 N–H and O–H groups in total. The summed E-state index contributed by atoms with van der Waals surface area (Å²) in [5.41, 5.74) is 2.39. The molecule has 0 amide bonds. The molecule has 0 radical (unpaired) electrons. The van der Waals surface area contributed by atoms with Crippen LogP contribution in [-0.2, 0) is 17.7 Å². The van der Waals surface area contributed by atoms with Gasteiger partial charge in [-0.3, -0.25) is 4.90 Å². The number of aliphatic hydroxyl groups excluding tert-OH is 1. The zero-order valence-electron chi connectivity index (χ0n) is 13.3. The summed E-state index contributed by atoms with van der Waals surface area (Å²) < 4.78 is 10.2. The number of aryl methyl sites for hydroxylation is 1. The van der Waals surface area contributed by atoms with E-state index in [2.05, 4.69) is 29.2 Å². The second-order valence-electron chi connectivity index (χ2n) is 5.51. The van der Waals surface area contributed by atoms with Gasteiger partial charge in [0.05, 0.1) is 25.7 Å². The normalized spacial score (nSPS) is 12.8. The maximum absolute atomic E-state index is 9.70. The minimum absolute atomic E-state index is 0.315. The van der Waals surface area contributed by atoms with Crippen molar-refractivity contribution in [3.05, 3.63) is 47.1 Å². The minimum atomic E-state index is -0.520. The number of hydrogen-bond acceptors (Lipinski definition) is 6. The molecule has 0 bridgehead atoms. The highest BCUT2D eigenvalue weighted by atomic mass is 16.5. The molecular formula is C16H23N3O3. The predicted octanol–water partition coefficient (Wildman–Crippen LogP) is 1.41. The van der Waals surface area contributed by atoms with Gasteiger partial charge in [-0.05, 0) is 25.1 Å². The Hall–Kier alpha value is -1.76. The number of aliphatic hydroxyl groups is 1. The van der Waals surface area contributed by atoms with E-state index in [0.717, 1.165) is 0 Å². The standard InChI is InChI=1S/C16H23N3O3/c1-12-6-4-5-7-13(12)8-16-17-15(18-22-16)10-19(2)9-14(20)11-21-3/h4-7,14,20H,8-11H2,1-3H3. The van der Waals surface area contributed by atoms with Gasteiger partial charge in [0.2, 0.25) is 5.89 Å². The number of rotatable bonds is 8. The summed E-state index contributed by atoms with van der Waals surface area (Å²) >= 11 is 0. The number of hydrogen-bond donors (Lipinski definition) is 1. The number of nitrogens with zero attached hydrogens (tertiary/aromatic N) is 3. The Bertz CT molecular complexity index is 586. The average Bonchev–Trinajstić information content (AvgIpc) is 2.88. The van der Waals surface area contributed by atoms with Gasteiger partial charge in [-0.1, -0.05) is 29.4 Å². The van der Waals surface area contributed by atoms with E-state index in [0.29, 0.717) is 37.8 Å². The first kappa shape index (κ1) is 16.6. The molecule has 2 rings (SSSR count). The third-order valence-corrected chi connectivity index (χ3v) is 3.41. The van der Waals surface area contributed by atoms with E-state index >= 15 is 0 Å². The van der Waals surface area contributed by atoms with Gasteiger partial charge in [-0.25, -0.2) is 0 Å². The van der Waals surface area contributed by atoms with Gasteiger partial charge in [0.15, 0.2) is 5.82 Å². The summed E-state index contributed by atoms with van der Waals surface area (Å²) in [7, 11) is 3.47. The summed E-state index contributed by atoms with van der Waals surface area (Å²) in [6.07, 6.45) is 0.115. The molecule has 2 aromatic rings. The number of likely N-dealkylation sites (N-methyl/N-ethyl adjacent to an activating group) is 1. The van der Waals surface area contributed by atoms with Crippen LogP contribution in [0.4, 0.5) is 0 Å². The highest BCUT2D eigenvalue weighted by molar-refractivity contribution is 5.27. The quantitative estimate of drug-likeness (QED) is 0.795. The molecule has 120 valence electrons. The van der Waals surface area contributed by atoms with Crippen LogP contribution in [0.25, 0.3) is 0 Å². The maximum atomic E-state index is 9.70. The molecule has 0 spiro atoms. The average molecular weight is 305 g/mol. The van der Waals surface area contributed by atoms with Crippen molar-refractivity contribution in [1.29, 1.82) is 0 Å². The Labute approximate surface area is 130 Å². The number of benzene rings is 1. The van der Waals surface area contributed by atoms with Crippen molar-refractivity contribution in [1.82, 2.24) is 15.0 Å². The third kappa shape index (κ3) is 4.91. The van der Waals surface area contributed by atoms with Crippen LogP contribution >= 0.6 is 0 Å². The van der Waals surface area contributed by atoms with Gasteiger partial charge < -0.3 is 14.4 Å². The van der Waals surface area contributed by atoms with Crippen molar-refractivity contribution in [3.8, 4) is 0 Å². The van der Waals surface area contributed by atoms with Crippen LogP contribution in [0.2, 0.25) is 0 Å². The summed E-state index contributed by atoms with van der Waals surface area (Å²) in [5.74, 6) is 1.23. The first-order valence-electron chi connectivity index (χ1n) is 7.30. The van der Waals surface area contributed by atoms with E-state index in [9.17, 15) is 5.11 Å². The Morgan fingerprint density at radius 2 is 2.14 bits per heavy atom. The molecule has 0 aliphatic rings. The van der Waals surface area contributed by atoms with E-state index in [-0.39, 0.29) is 0 Å². The molecule has 1 aromatic heterocycles. The summed E-state index contributed by atoms with van der Waals surface area (Å²) in [5, 5.41) is 13.7. The van der Waals surface area contributed by atoms with E-state index in [1.807, 2.05) is 24.1 Å². The van der Waals surface area contributed by atoms with Crippen LogP contribution in [-0.4, -0.2) is 53.6 Å². The lowest BCUT2D eigenvalue weighted by Crippen LogP contribution is -2.31. The van der Waals surface area contributed by atoms with Gasteiger partial charge in [0.25, 0.3) is 0 Å². The van der Waals surface area contributed by atoms with Crippen LogP contribution < -0.4 is 0 Å². The Morgan fingerprint density at radius 3 is 2.86 bits per heavy atom. The van der Waals surface area contributed by atoms with Crippen LogP contribution in [0, 0.1) is 6.92 Å². The molecule has 1 unspecified atom stereocenters. The lowest BCUT2D eigenvalue weighted by atomic mass is 10.1. The van der Waals surface area contributed by atoms with Gasteiger partial charge >= 0.3 is 0 Å². The third-order valence-electron chi connectivity index (χ3n) is 3.41. The van der Waals surface area contributed by atoms with Crippen LogP contribution in [0.3, 0.4) is 0 Å². The number of ether oxygens (including phenoxy) is 1. The highest BCUT2D eigenvalue weighted by Gasteiger charge is 2.13. The van der Waals surface area contributed by atoms with Gasteiger partial charge in [0.1, 0.15) is 0 Å². The molecule has 1 heterocycles. The number of aromatic nitrogens is 2. The molecule has 0 fully saturated rings. The lowest BCUT2D eigenvalue weighted by Gasteiger charge is -2.18. The molecule has 6 heteroatoms. The maximum Gasteiger partial charge on any atom is 0.231 e. The zero-order chi connectivity index (χ0) is 15.9. The monoisotopic (exact) mass is 305 g/mol. The fourth-order valence-electron chi connectivity index (χ4n) is 2.31. The van der Waals surface area contributed by atoms with Gasteiger partial charge in [-0.2, -0.15) is 4.98 Å². The molecule has 1 atom stereocenters. The van der Waals surface area contributed by atoms with E-state index < -0.39 is 6.10 Å². The Balaban J connectivity index is 1.90. The largest absolute Gasteiger partial charge is 0.389 e. The van der Waals surface area contributed by atoms with E-state index in [4.69, 9.17) is 9.26 Å². The van der Waals surface area contributed by atoms with Crippen molar-refractivity contribution >= 4 is 0 Å². The first-order valence-corrected chi connectivity index (χ1v) is 7.30. The van der Waals surface area contributed by atoms with E-state index in [1.54, 1.807) is 7.11 Å². The predicted molar refractivity (Wildman–Crippen MR) is 82.5 cm³/mol. The van der Waals surface area contributed by atoms with Crippen molar-refractivity contribution in [2.75, 3.05) is 27.3 Å². The van der Waals surface area contributed by atoms with Gasteiger partial charge in [0, 0.05) is 13.7 Å². The lowest BCUT2D eigenvalue weighted by molar-refractivity contribution is 0.0413. The highest BCUT2D eigenvalue weighted by Crippen LogP contribution is 2.12. The molecule has 0 saturated heterocycles. The second-order valence-corrected chi connectivity index (χ2v) is 5.51. The Morgan fingerprint density at radius 1 is 1.36 bits per heavy atom. The number of methoxy groups -OCH3 is 1. The molecule has 22 heavy (non-hydrogen) atoms. The molecule has 1 aromatic carbocycles. The SMILES string of the molecule is COCC(O)CN(C)Cc1noc(Cc2ccccc2C)n1. The molecule has 6 nitrogen and oxygen atoms in total. The van der Waals surface area contributed by atoms with E-state index in [1.165, 1.54) is 11.1 Å². The molecular weight excluding hydrogens is 282 g/mol. The van der Waals surface area contributed by atoms with Crippen molar-refractivity contribution in [3.63, 3.8) is 0 Å². The Kier molecular flexibility index (Phi) is 6.06. The topological polar surface area (TPSA) is 71.6 Å². The van der Waals surface area contributed by atoms with Crippen LogP contribution in [0.5, 0.6) is 0 Å². The van der Waals surface area contributed by atoms with Gasteiger partial charge in [-0.15, -0.1) is 0 Å².